The Kier molecular flexibility index (Phi) is 5.23. The minimum atomic E-state index is -3.86. The first kappa shape index (κ1) is 17.3. The predicted molar refractivity (Wildman–Crippen MR) is 77.2 cm³/mol. The number of ether oxygens (including phenoxy) is 1. The number of hydrogen-bond donors (Lipinski definition) is 3. The largest absolute Gasteiger partial charge is 0.383 e. The number of hydrazine groups is 1. The number of nitrogens with zero attached hydrogens (tertiary/aromatic N) is 1. The van der Waals surface area contributed by atoms with Crippen molar-refractivity contribution >= 4 is 21.4 Å². The van der Waals surface area contributed by atoms with Crippen molar-refractivity contribution < 1.29 is 18.1 Å². The fourth-order valence-electron chi connectivity index (χ4n) is 1.77. The minimum Gasteiger partial charge on any atom is -0.383 e. The number of nitrogens with two attached hydrogens (primary N) is 1. The van der Waals surface area contributed by atoms with E-state index in [1.54, 1.807) is 13.8 Å². The molecule has 1 aromatic carbocycles. The highest BCUT2D eigenvalue weighted by molar-refractivity contribution is 7.89. The Morgan fingerprint density at radius 1 is 1.43 bits per heavy atom. The zero-order valence-corrected chi connectivity index (χ0v) is 12.7. The molecule has 0 spiro atoms. The van der Waals surface area contributed by atoms with Crippen LogP contribution in [0.5, 0.6) is 0 Å². The lowest BCUT2D eigenvalue weighted by Gasteiger charge is -2.25. The standard InChI is InChI=1S/C11H18N4O5S/c1-11(2,7-20-3)14-21(18,19)8-4-5-10(15(16)17)9(6-8)13-12/h4-6,13-14H,7,12H2,1-3H3. The van der Waals surface area contributed by atoms with Crippen molar-refractivity contribution in [3.05, 3.63) is 28.3 Å². The van der Waals surface area contributed by atoms with Crippen LogP contribution in [0.1, 0.15) is 13.8 Å². The maximum atomic E-state index is 12.3. The molecule has 1 rings (SSSR count). The Balaban J connectivity index is 3.18. The number of nitrogens with one attached hydrogen (secondary N) is 2. The van der Waals surface area contributed by atoms with E-state index in [4.69, 9.17) is 10.6 Å². The Bertz CT molecular complexity index is 630. The van der Waals surface area contributed by atoms with Crippen molar-refractivity contribution in [3.63, 3.8) is 0 Å². The lowest BCUT2D eigenvalue weighted by Crippen LogP contribution is -2.46. The Morgan fingerprint density at radius 2 is 2.05 bits per heavy atom. The van der Waals surface area contributed by atoms with Gasteiger partial charge in [0.25, 0.3) is 5.69 Å². The molecule has 0 unspecified atom stereocenters. The highest BCUT2D eigenvalue weighted by atomic mass is 32.2. The summed E-state index contributed by atoms with van der Waals surface area (Å²) in [6, 6.07) is 3.32. The van der Waals surface area contributed by atoms with Gasteiger partial charge in [0, 0.05) is 13.2 Å². The summed E-state index contributed by atoms with van der Waals surface area (Å²) in [7, 11) is -2.41. The number of rotatable bonds is 7. The van der Waals surface area contributed by atoms with Crippen LogP contribution in [0.4, 0.5) is 11.4 Å². The number of benzene rings is 1. The first-order valence-corrected chi connectivity index (χ1v) is 7.39. The molecule has 118 valence electrons. The lowest BCUT2D eigenvalue weighted by atomic mass is 10.1. The summed E-state index contributed by atoms with van der Waals surface area (Å²) in [5, 5.41) is 10.8. The second kappa shape index (κ2) is 6.35. The van der Waals surface area contributed by atoms with Crippen molar-refractivity contribution in [1.29, 1.82) is 0 Å². The first-order chi connectivity index (χ1) is 9.63. The summed E-state index contributed by atoms with van der Waals surface area (Å²) in [5.41, 5.74) is 0.888. The Morgan fingerprint density at radius 3 is 2.52 bits per heavy atom. The zero-order valence-electron chi connectivity index (χ0n) is 11.9. The molecule has 0 aliphatic heterocycles. The Hall–Kier alpha value is -1.75. The van der Waals surface area contributed by atoms with Gasteiger partial charge >= 0.3 is 0 Å². The third-order valence-electron chi connectivity index (χ3n) is 2.55. The van der Waals surface area contributed by atoms with E-state index in [9.17, 15) is 18.5 Å². The molecule has 0 saturated carbocycles. The molecular weight excluding hydrogens is 300 g/mol. The topological polar surface area (TPSA) is 137 Å². The van der Waals surface area contributed by atoms with Gasteiger partial charge in [-0.1, -0.05) is 0 Å². The van der Waals surface area contributed by atoms with Gasteiger partial charge in [-0.15, -0.1) is 0 Å². The number of sulfonamides is 1. The second-order valence-corrected chi connectivity index (χ2v) is 6.69. The summed E-state index contributed by atoms with van der Waals surface area (Å²) in [6.07, 6.45) is 0. The van der Waals surface area contributed by atoms with Gasteiger partial charge in [-0.05, 0) is 26.0 Å². The molecule has 1 aromatic rings. The van der Waals surface area contributed by atoms with Gasteiger partial charge in [0.1, 0.15) is 5.69 Å². The molecule has 0 heterocycles. The van der Waals surface area contributed by atoms with Crippen LogP contribution in [-0.2, 0) is 14.8 Å². The number of nitro groups is 1. The monoisotopic (exact) mass is 318 g/mol. The smallest absolute Gasteiger partial charge is 0.293 e. The quantitative estimate of drug-likeness (QED) is 0.380. The lowest BCUT2D eigenvalue weighted by molar-refractivity contribution is -0.384. The molecule has 0 atom stereocenters. The van der Waals surface area contributed by atoms with Crippen molar-refractivity contribution in [2.75, 3.05) is 19.1 Å². The molecule has 0 amide bonds. The van der Waals surface area contributed by atoms with Crippen LogP contribution in [0.3, 0.4) is 0 Å². The van der Waals surface area contributed by atoms with Crippen molar-refractivity contribution in [2.45, 2.75) is 24.3 Å². The normalized spacial score (nSPS) is 12.2. The Labute approximate surface area is 122 Å². The fraction of sp³-hybridized carbons (Fsp3) is 0.455. The highest BCUT2D eigenvalue weighted by Crippen LogP contribution is 2.27. The number of methoxy groups -OCH3 is 1. The molecule has 10 heteroatoms. The summed E-state index contributed by atoms with van der Waals surface area (Å²) in [5.74, 6) is 5.19. The minimum absolute atomic E-state index is 0.0903. The van der Waals surface area contributed by atoms with Gasteiger partial charge in [-0.25, -0.2) is 13.1 Å². The van der Waals surface area contributed by atoms with E-state index < -0.39 is 20.5 Å². The van der Waals surface area contributed by atoms with E-state index in [1.807, 2.05) is 0 Å². The van der Waals surface area contributed by atoms with E-state index in [-0.39, 0.29) is 22.9 Å². The van der Waals surface area contributed by atoms with Crippen LogP contribution in [0.2, 0.25) is 0 Å². The molecule has 4 N–H and O–H groups in total. The van der Waals surface area contributed by atoms with Gasteiger partial charge in [0.05, 0.1) is 22.0 Å². The van der Waals surface area contributed by atoms with E-state index in [0.29, 0.717) is 0 Å². The molecule has 21 heavy (non-hydrogen) atoms. The summed E-state index contributed by atoms with van der Waals surface area (Å²) in [6.45, 7) is 3.48. The zero-order chi connectivity index (χ0) is 16.3. The van der Waals surface area contributed by atoms with Gasteiger partial charge < -0.3 is 10.2 Å². The molecular formula is C11H18N4O5S. The number of nitrogen functional groups attached to an aromatic ring is 1. The number of nitro benzene ring substituents is 1. The van der Waals surface area contributed by atoms with E-state index in [2.05, 4.69) is 10.1 Å². The van der Waals surface area contributed by atoms with E-state index >= 15 is 0 Å². The molecule has 0 fully saturated rings. The molecule has 0 aromatic heterocycles. The van der Waals surface area contributed by atoms with Crippen LogP contribution < -0.4 is 16.0 Å². The average molecular weight is 318 g/mol. The van der Waals surface area contributed by atoms with Gasteiger partial charge in [-0.2, -0.15) is 0 Å². The van der Waals surface area contributed by atoms with Crippen molar-refractivity contribution in [1.82, 2.24) is 4.72 Å². The van der Waals surface area contributed by atoms with Crippen LogP contribution in [-0.4, -0.2) is 32.6 Å². The molecule has 0 aliphatic rings. The van der Waals surface area contributed by atoms with Gasteiger partial charge in [-0.3, -0.25) is 16.0 Å². The SMILES string of the molecule is COCC(C)(C)NS(=O)(=O)c1ccc([N+](=O)[O-])c(NN)c1. The molecule has 0 saturated heterocycles. The first-order valence-electron chi connectivity index (χ1n) is 5.91. The van der Waals surface area contributed by atoms with E-state index in [1.165, 1.54) is 7.11 Å². The van der Waals surface area contributed by atoms with E-state index in [0.717, 1.165) is 18.2 Å². The maximum Gasteiger partial charge on any atom is 0.293 e. The molecule has 9 nitrogen and oxygen atoms in total. The number of hydrogen-bond acceptors (Lipinski definition) is 7. The molecule has 0 aliphatic carbocycles. The third kappa shape index (κ3) is 4.36. The summed E-state index contributed by atoms with van der Waals surface area (Å²) in [4.78, 5) is 9.99. The van der Waals surface area contributed by atoms with Crippen molar-refractivity contribution in [2.24, 2.45) is 5.84 Å². The average Bonchev–Trinajstić information content (AvgIpc) is 2.36. The van der Waals surface area contributed by atoms with Crippen LogP contribution >= 0.6 is 0 Å². The van der Waals surface area contributed by atoms with Crippen LogP contribution in [0.15, 0.2) is 23.1 Å². The fourth-order valence-corrected chi connectivity index (χ4v) is 3.19. The van der Waals surface area contributed by atoms with Crippen LogP contribution in [0, 0.1) is 10.1 Å². The summed E-state index contributed by atoms with van der Waals surface area (Å²) >= 11 is 0. The number of anilines is 1. The van der Waals surface area contributed by atoms with Crippen molar-refractivity contribution in [3.8, 4) is 0 Å². The highest BCUT2D eigenvalue weighted by Gasteiger charge is 2.27. The van der Waals surface area contributed by atoms with Gasteiger partial charge in [0.15, 0.2) is 0 Å². The van der Waals surface area contributed by atoms with Crippen LogP contribution in [0.25, 0.3) is 0 Å². The molecule has 0 radical (unpaired) electrons. The summed E-state index contributed by atoms with van der Waals surface area (Å²) < 4.78 is 31.9. The maximum absolute atomic E-state index is 12.3. The predicted octanol–water partition coefficient (Wildman–Crippen LogP) is 0.584. The second-order valence-electron chi connectivity index (χ2n) is 5.00. The van der Waals surface area contributed by atoms with Gasteiger partial charge in [0.2, 0.25) is 10.0 Å². The third-order valence-corrected chi connectivity index (χ3v) is 4.24. The molecule has 0 bridgehead atoms.